The average Bonchev–Trinajstić information content (AvgIpc) is 3.44. The first-order chi connectivity index (χ1) is 14.3. The van der Waals surface area contributed by atoms with Gasteiger partial charge in [-0.1, -0.05) is 19.3 Å². The Hall–Kier alpha value is -1.40. The van der Waals surface area contributed by atoms with Crippen molar-refractivity contribution in [3.63, 3.8) is 0 Å². The van der Waals surface area contributed by atoms with Crippen LogP contribution in [0, 0.1) is 5.92 Å². The highest BCUT2D eigenvalue weighted by Gasteiger charge is 2.24. The smallest absolute Gasteiger partial charge is 0.220 e. The molecular formula is C23H38N4O2. The lowest BCUT2D eigenvalue weighted by molar-refractivity contribution is -0.122. The Bertz CT molecular complexity index is 627. The minimum absolute atomic E-state index is 0.193. The highest BCUT2D eigenvalue weighted by Crippen LogP contribution is 2.34. The molecule has 29 heavy (non-hydrogen) atoms. The highest BCUT2D eigenvalue weighted by molar-refractivity contribution is 5.75. The first kappa shape index (κ1) is 20.9. The third kappa shape index (κ3) is 6.05. The summed E-state index contributed by atoms with van der Waals surface area (Å²) in [6, 6.07) is 0. The number of H-pyrrole nitrogens is 1. The Kier molecular flexibility index (Phi) is 7.61. The zero-order valence-electron chi connectivity index (χ0n) is 17.8. The molecule has 1 amide bonds. The summed E-state index contributed by atoms with van der Waals surface area (Å²) in [5.74, 6) is 1.56. The number of nitrogens with zero attached hydrogens (tertiary/aromatic N) is 2. The van der Waals surface area contributed by atoms with E-state index < -0.39 is 0 Å². The quantitative estimate of drug-likeness (QED) is 0.695. The molecule has 4 rings (SSSR count). The molecule has 0 bridgehead atoms. The molecule has 0 spiro atoms. The molecule has 3 fully saturated rings. The lowest BCUT2D eigenvalue weighted by atomic mass is 9.85. The molecule has 6 heteroatoms. The summed E-state index contributed by atoms with van der Waals surface area (Å²) in [6.07, 6.45) is 15.3. The number of carbonyl (C=O) groups is 1. The summed E-state index contributed by atoms with van der Waals surface area (Å²) in [5.41, 5.74) is 2.80. The van der Waals surface area contributed by atoms with Crippen molar-refractivity contribution in [2.24, 2.45) is 5.92 Å². The molecular weight excluding hydrogens is 364 g/mol. The van der Waals surface area contributed by atoms with Gasteiger partial charge in [0.05, 0.1) is 12.3 Å². The van der Waals surface area contributed by atoms with Crippen LogP contribution in [0.15, 0.2) is 6.20 Å². The molecule has 1 atom stereocenters. The predicted octanol–water partition coefficient (Wildman–Crippen LogP) is 3.74. The second kappa shape index (κ2) is 10.6. The zero-order valence-corrected chi connectivity index (χ0v) is 17.8. The predicted molar refractivity (Wildman–Crippen MR) is 114 cm³/mol. The van der Waals surface area contributed by atoms with Crippen molar-refractivity contribution in [2.75, 3.05) is 26.2 Å². The number of rotatable bonds is 8. The van der Waals surface area contributed by atoms with Gasteiger partial charge in [0, 0.05) is 43.3 Å². The lowest BCUT2D eigenvalue weighted by Crippen LogP contribution is -2.35. The van der Waals surface area contributed by atoms with Gasteiger partial charge in [-0.25, -0.2) is 0 Å². The van der Waals surface area contributed by atoms with Gasteiger partial charge in [0.25, 0.3) is 0 Å². The zero-order chi connectivity index (χ0) is 19.9. The van der Waals surface area contributed by atoms with E-state index in [1.54, 1.807) is 0 Å². The van der Waals surface area contributed by atoms with Crippen molar-refractivity contribution in [1.82, 2.24) is 20.4 Å². The van der Waals surface area contributed by atoms with Crippen LogP contribution in [0.4, 0.5) is 0 Å². The Morgan fingerprint density at radius 1 is 1.14 bits per heavy atom. The van der Waals surface area contributed by atoms with Crippen molar-refractivity contribution < 1.29 is 9.53 Å². The Labute approximate surface area is 175 Å². The molecule has 2 N–H and O–H groups in total. The maximum Gasteiger partial charge on any atom is 0.220 e. The molecule has 3 aliphatic rings. The van der Waals surface area contributed by atoms with Crippen molar-refractivity contribution in [2.45, 2.75) is 89.2 Å². The van der Waals surface area contributed by atoms with Crippen LogP contribution >= 0.6 is 0 Å². The van der Waals surface area contributed by atoms with Gasteiger partial charge < -0.3 is 10.1 Å². The summed E-state index contributed by atoms with van der Waals surface area (Å²) in [5, 5.41) is 10.7. The number of piperidine rings is 1. The number of aromatic nitrogens is 2. The average molecular weight is 403 g/mol. The van der Waals surface area contributed by atoms with Crippen LogP contribution < -0.4 is 5.32 Å². The molecule has 0 unspecified atom stereocenters. The molecule has 162 valence electrons. The molecule has 1 aromatic rings. The number of amides is 1. The Morgan fingerprint density at radius 2 is 1.97 bits per heavy atom. The van der Waals surface area contributed by atoms with Gasteiger partial charge in [-0.05, 0) is 64.0 Å². The minimum Gasteiger partial charge on any atom is -0.376 e. The Balaban J connectivity index is 1.14. The lowest BCUT2D eigenvalue weighted by Gasteiger charge is -2.32. The summed E-state index contributed by atoms with van der Waals surface area (Å²) < 4.78 is 5.57. The fraction of sp³-hybridized carbons (Fsp3) is 0.826. The fourth-order valence-electron chi connectivity index (χ4n) is 5.32. The highest BCUT2D eigenvalue weighted by atomic mass is 16.5. The molecule has 1 saturated carbocycles. The molecule has 0 aromatic carbocycles. The summed E-state index contributed by atoms with van der Waals surface area (Å²) >= 11 is 0. The first-order valence-corrected chi connectivity index (χ1v) is 11.9. The van der Waals surface area contributed by atoms with E-state index in [2.05, 4.69) is 26.6 Å². The number of carbonyl (C=O) groups excluding carboxylic acids is 1. The van der Waals surface area contributed by atoms with Gasteiger partial charge in [-0.2, -0.15) is 5.10 Å². The molecule has 0 radical (unpaired) electrons. The topological polar surface area (TPSA) is 70.2 Å². The first-order valence-electron chi connectivity index (χ1n) is 11.9. The SMILES string of the molecule is O=C(CCC1CCN(Cc2cn[nH]c2C2CCCCC2)CC1)NC[C@H]1CCCO1. The summed E-state index contributed by atoms with van der Waals surface area (Å²) in [6.45, 7) is 4.83. The molecule has 1 aromatic heterocycles. The van der Waals surface area contributed by atoms with Crippen molar-refractivity contribution in [1.29, 1.82) is 0 Å². The van der Waals surface area contributed by atoms with Gasteiger partial charge in [0.1, 0.15) is 0 Å². The third-order valence-electron chi connectivity index (χ3n) is 7.20. The van der Waals surface area contributed by atoms with Crippen molar-refractivity contribution >= 4 is 5.91 Å². The van der Waals surface area contributed by atoms with Crippen LogP contribution in [-0.2, 0) is 16.1 Å². The van der Waals surface area contributed by atoms with Gasteiger partial charge in [0.2, 0.25) is 5.91 Å². The second-order valence-corrected chi connectivity index (χ2v) is 9.34. The Morgan fingerprint density at radius 3 is 2.72 bits per heavy atom. The van der Waals surface area contributed by atoms with E-state index in [1.165, 1.54) is 56.2 Å². The van der Waals surface area contributed by atoms with Gasteiger partial charge >= 0.3 is 0 Å². The van der Waals surface area contributed by atoms with Crippen LogP contribution in [0.5, 0.6) is 0 Å². The maximum atomic E-state index is 12.1. The van der Waals surface area contributed by atoms with Crippen LogP contribution in [0.2, 0.25) is 0 Å². The van der Waals surface area contributed by atoms with Crippen LogP contribution in [-0.4, -0.2) is 53.3 Å². The van der Waals surface area contributed by atoms with E-state index in [1.807, 2.05) is 0 Å². The van der Waals surface area contributed by atoms with Crippen LogP contribution in [0.25, 0.3) is 0 Å². The number of aromatic amines is 1. The van der Waals surface area contributed by atoms with Crippen LogP contribution in [0.3, 0.4) is 0 Å². The van der Waals surface area contributed by atoms with E-state index in [0.29, 0.717) is 24.8 Å². The molecule has 3 heterocycles. The van der Waals surface area contributed by atoms with Crippen LogP contribution in [0.1, 0.15) is 87.8 Å². The minimum atomic E-state index is 0.193. The van der Waals surface area contributed by atoms with Gasteiger partial charge in [0.15, 0.2) is 0 Å². The third-order valence-corrected chi connectivity index (χ3v) is 7.20. The second-order valence-electron chi connectivity index (χ2n) is 9.34. The van der Waals surface area contributed by atoms with Crippen molar-refractivity contribution in [3.05, 3.63) is 17.5 Å². The van der Waals surface area contributed by atoms with Gasteiger partial charge in [-0.3, -0.25) is 14.8 Å². The monoisotopic (exact) mass is 402 g/mol. The van der Waals surface area contributed by atoms with Crippen molar-refractivity contribution in [3.8, 4) is 0 Å². The molecule has 2 aliphatic heterocycles. The molecule has 1 aliphatic carbocycles. The summed E-state index contributed by atoms with van der Waals surface area (Å²) in [4.78, 5) is 14.7. The van der Waals surface area contributed by atoms with E-state index in [-0.39, 0.29) is 12.0 Å². The molecule has 6 nitrogen and oxygen atoms in total. The van der Waals surface area contributed by atoms with E-state index in [4.69, 9.17) is 4.74 Å². The van der Waals surface area contributed by atoms with E-state index >= 15 is 0 Å². The number of hydrogen-bond donors (Lipinski definition) is 2. The molecule has 2 saturated heterocycles. The summed E-state index contributed by atoms with van der Waals surface area (Å²) in [7, 11) is 0. The fourth-order valence-corrected chi connectivity index (χ4v) is 5.32. The largest absolute Gasteiger partial charge is 0.376 e. The number of ether oxygens (including phenoxy) is 1. The number of nitrogens with one attached hydrogen (secondary N) is 2. The maximum absolute atomic E-state index is 12.1. The number of hydrogen-bond acceptors (Lipinski definition) is 4. The van der Waals surface area contributed by atoms with E-state index in [0.717, 1.165) is 45.5 Å². The number of likely N-dealkylation sites (tertiary alicyclic amines) is 1. The van der Waals surface area contributed by atoms with E-state index in [9.17, 15) is 4.79 Å². The van der Waals surface area contributed by atoms with Gasteiger partial charge in [-0.15, -0.1) is 0 Å². The standard InChI is InChI=1S/C23H38N4O2/c28-22(24-16-21-7-4-14-29-21)9-8-18-10-12-27(13-11-18)17-20-15-25-26-23(20)19-5-2-1-3-6-19/h15,18-19,21H,1-14,16-17H2,(H,24,28)(H,25,26)/t21-/m1/s1. The normalized spacial score (nSPS) is 24.8.